The Hall–Kier alpha value is -0.910. The molecule has 0 aromatic heterocycles. The van der Waals surface area contributed by atoms with Crippen molar-refractivity contribution in [3.05, 3.63) is 11.6 Å². The van der Waals surface area contributed by atoms with Crippen LogP contribution in [0.15, 0.2) is 11.6 Å². The fourth-order valence-electron chi connectivity index (χ4n) is 6.22. The first-order valence-corrected chi connectivity index (χ1v) is 9.60. The van der Waals surface area contributed by atoms with Gasteiger partial charge in [-0.15, -0.1) is 0 Å². The molecule has 0 amide bonds. The monoisotopic (exact) mass is 352 g/mol. The zero-order valence-electron chi connectivity index (χ0n) is 15.5. The molecule has 0 aromatic carbocycles. The molecule has 3 rings (SSSR count). The van der Waals surface area contributed by atoms with E-state index in [4.69, 9.17) is 9.84 Å². The first-order chi connectivity index (χ1) is 11.9. The van der Waals surface area contributed by atoms with Gasteiger partial charge < -0.3 is 20.1 Å². The topological polar surface area (TPSA) is 87.0 Å². The van der Waals surface area contributed by atoms with E-state index in [2.05, 4.69) is 13.8 Å². The van der Waals surface area contributed by atoms with E-state index >= 15 is 0 Å². The minimum absolute atomic E-state index is 0.0579. The maximum atomic E-state index is 12.9. The summed E-state index contributed by atoms with van der Waals surface area (Å²) in [4.78, 5) is 12.9. The molecule has 1 heterocycles. The van der Waals surface area contributed by atoms with E-state index in [-0.39, 0.29) is 48.6 Å². The van der Waals surface area contributed by atoms with Gasteiger partial charge >= 0.3 is 5.97 Å². The first-order valence-electron chi connectivity index (χ1n) is 9.60. The van der Waals surface area contributed by atoms with Gasteiger partial charge in [0.2, 0.25) is 0 Å². The van der Waals surface area contributed by atoms with Gasteiger partial charge in [-0.25, -0.2) is 0 Å². The highest BCUT2D eigenvalue weighted by Crippen LogP contribution is 2.68. The number of carbonyl (C=O) groups is 1. The number of esters is 1. The predicted molar refractivity (Wildman–Crippen MR) is 93.7 cm³/mol. The summed E-state index contributed by atoms with van der Waals surface area (Å²) in [6.07, 6.45) is 7.44. The van der Waals surface area contributed by atoms with Gasteiger partial charge in [-0.1, -0.05) is 13.0 Å². The van der Waals surface area contributed by atoms with Crippen LogP contribution < -0.4 is 0 Å². The largest absolute Gasteiger partial charge is 0.459 e. The van der Waals surface area contributed by atoms with Crippen LogP contribution in [0.3, 0.4) is 0 Å². The summed E-state index contributed by atoms with van der Waals surface area (Å²) in [6, 6.07) is 0. The minimum atomic E-state index is -0.451. The third kappa shape index (κ3) is 2.84. The van der Waals surface area contributed by atoms with Crippen LogP contribution in [0, 0.1) is 22.7 Å². The molecule has 3 aliphatic rings. The maximum absolute atomic E-state index is 12.9. The van der Waals surface area contributed by atoms with Crippen LogP contribution in [-0.2, 0) is 9.53 Å². The van der Waals surface area contributed by atoms with E-state index in [1.165, 1.54) is 0 Å². The van der Waals surface area contributed by atoms with Crippen LogP contribution in [0.25, 0.3) is 0 Å². The van der Waals surface area contributed by atoms with E-state index < -0.39 is 5.41 Å². The van der Waals surface area contributed by atoms with Gasteiger partial charge in [0.1, 0.15) is 5.60 Å². The summed E-state index contributed by atoms with van der Waals surface area (Å²) >= 11 is 0. The molecule has 5 atom stereocenters. The Morgan fingerprint density at radius 2 is 2.12 bits per heavy atom. The van der Waals surface area contributed by atoms with Gasteiger partial charge in [0.15, 0.2) is 0 Å². The highest BCUT2D eigenvalue weighted by molar-refractivity contribution is 5.81. The number of hydrogen-bond acceptors (Lipinski definition) is 5. The highest BCUT2D eigenvalue weighted by atomic mass is 16.6. The quantitative estimate of drug-likeness (QED) is 0.504. The molecule has 5 heteroatoms. The number of aliphatic hydroxyl groups excluding tert-OH is 3. The van der Waals surface area contributed by atoms with Crippen molar-refractivity contribution in [1.82, 2.24) is 0 Å². The first kappa shape index (κ1) is 18.9. The van der Waals surface area contributed by atoms with Crippen molar-refractivity contribution in [2.24, 2.45) is 22.7 Å². The van der Waals surface area contributed by atoms with Gasteiger partial charge in [-0.2, -0.15) is 0 Å². The van der Waals surface area contributed by atoms with E-state index in [0.29, 0.717) is 6.42 Å². The van der Waals surface area contributed by atoms with Crippen molar-refractivity contribution < 1.29 is 24.9 Å². The van der Waals surface area contributed by atoms with Crippen molar-refractivity contribution in [3.8, 4) is 0 Å². The number of rotatable bonds is 6. The summed E-state index contributed by atoms with van der Waals surface area (Å²) in [5.41, 5.74) is -0.313. The van der Waals surface area contributed by atoms with E-state index in [1.807, 2.05) is 0 Å². The zero-order valence-corrected chi connectivity index (χ0v) is 15.5. The van der Waals surface area contributed by atoms with Crippen LogP contribution in [0.4, 0.5) is 0 Å². The number of aliphatic hydroxyl groups is 3. The molecule has 2 aliphatic carbocycles. The van der Waals surface area contributed by atoms with E-state index in [1.54, 1.807) is 6.08 Å². The molecule has 3 N–H and O–H groups in total. The Bertz CT molecular complexity index is 558. The molecule has 0 radical (unpaired) electrons. The van der Waals surface area contributed by atoms with Gasteiger partial charge in [-0.3, -0.25) is 4.79 Å². The molecule has 5 nitrogen and oxygen atoms in total. The van der Waals surface area contributed by atoms with Crippen molar-refractivity contribution in [1.29, 1.82) is 0 Å². The van der Waals surface area contributed by atoms with Crippen LogP contribution in [-0.4, -0.2) is 46.7 Å². The summed E-state index contributed by atoms with van der Waals surface area (Å²) in [7, 11) is 0. The van der Waals surface area contributed by atoms with Crippen molar-refractivity contribution >= 4 is 5.97 Å². The zero-order chi connectivity index (χ0) is 18.3. The van der Waals surface area contributed by atoms with E-state index in [9.17, 15) is 15.0 Å². The Morgan fingerprint density at radius 3 is 2.76 bits per heavy atom. The van der Waals surface area contributed by atoms with Gasteiger partial charge in [0.25, 0.3) is 0 Å². The normalized spacial score (nSPS) is 43.7. The molecule has 0 aromatic rings. The number of carbonyl (C=O) groups excluding carboxylic acids is 1. The van der Waals surface area contributed by atoms with Gasteiger partial charge in [0.05, 0.1) is 18.6 Å². The number of ether oxygens (including phenoxy) is 1. The molecule has 2 saturated carbocycles. The average molecular weight is 352 g/mol. The van der Waals surface area contributed by atoms with Crippen LogP contribution in [0.1, 0.15) is 58.8 Å². The molecule has 1 spiro atoms. The van der Waals surface area contributed by atoms with Gasteiger partial charge in [0, 0.05) is 18.4 Å². The number of fused-ring (bicyclic) bond motifs is 1. The Labute approximate surface area is 150 Å². The smallest absolute Gasteiger partial charge is 0.313 e. The molecule has 1 aliphatic heterocycles. The average Bonchev–Trinajstić information content (AvgIpc) is 2.88. The SMILES string of the molecule is C[C@@H]1C[C@]23C[C@](C)(CCC[C@@H]2[C@@]1(CO)CC/C(=C/CO)CO)OC3=O. The standard InChI is InChI=1S/C20H32O5/c1-14-10-20-12-18(2,25-17(20)24)7-3-4-16(20)19(14,13-23)8-5-15(11-22)6-9-21/h6,14,16,21-23H,3-5,7-13H2,1-2H3/b15-6-/t14-,16-,18+,19-,20+/m1/s1. The fourth-order valence-corrected chi connectivity index (χ4v) is 6.22. The molecular weight excluding hydrogens is 320 g/mol. The summed E-state index contributed by atoms with van der Waals surface area (Å²) in [5, 5.41) is 29.0. The Morgan fingerprint density at radius 1 is 1.36 bits per heavy atom. The molecule has 2 bridgehead atoms. The van der Waals surface area contributed by atoms with Crippen LogP contribution in [0.2, 0.25) is 0 Å². The lowest BCUT2D eigenvalue weighted by molar-refractivity contribution is -0.157. The molecule has 142 valence electrons. The summed E-state index contributed by atoms with van der Waals surface area (Å²) in [5.74, 6) is 0.297. The van der Waals surface area contributed by atoms with Crippen molar-refractivity contribution in [2.75, 3.05) is 19.8 Å². The predicted octanol–water partition coefficient (Wildman–Crippen LogP) is 2.19. The third-order valence-corrected chi connectivity index (χ3v) is 7.44. The molecule has 0 unspecified atom stereocenters. The second-order valence-electron chi connectivity index (χ2n) is 8.82. The Kier molecular flexibility index (Phi) is 5.04. The summed E-state index contributed by atoms with van der Waals surface area (Å²) < 4.78 is 5.82. The second kappa shape index (κ2) is 6.67. The third-order valence-electron chi connectivity index (χ3n) is 7.44. The van der Waals surface area contributed by atoms with Crippen LogP contribution >= 0.6 is 0 Å². The van der Waals surface area contributed by atoms with Gasteiger partial charge in [-0.05, 0) is 62.9 Å². The fraction of sp³-hybridized carbons (Fsp3) is 0.850. The lowest BCUT2D eigenvalue weighted by Crippen LogP contribution is -2.41. The minimum Gasteiger partial charge on any atom is -0.459 e. The maximum Gasteiger partial charge on any atom is 0.313 e. The van der Waals surface area contributed by atoms with Crippen molar-refractivity contribution in [2.45, 2.75) is 64.4 Å². The van der Waals surface area contributed by atoms with Crippen molar-refractivity contribution in [3.63, 3.8) is 0 Å². The van der Waals surface area contributed by atoms with E-state index in [0.717, 1.165) is 44.1 Å². The lowest BCUT2D eigenvalue weighted by atomic mass is 9.63. The number of hydrogen-bond donors (Lipinski definition) is 3. The second-order valence-corrected chi connectivity index (χ2v) is 8.82. The molecule has 1 saturated heterocycles. The van der Waals surface area contributed by atoms with Crippen LogP contribution in [0.5, 0.6) is 0 Å². The Balaban J connectivity index is 1.92. The molecule has 3 fully saturated rings. The molecule has 25 heavy (non-hydrogen) atoms. The summed E-state index contributed by atoms with van der Waals surface area (Å²) in [6.45, 7) is 4.10. The molecular formula is C20H32O5. The highest BCUT2D eigenvalue weighted by Gasteiger charge is 2.69. The lowest BCUT2D eigenvalue weighted by Gasteiger charge is -2.41.